The Hall–Kier alpha value is -7.62. The van der Waals surface area contributed by atoms with Crippen LogP contribution in [0.4, 0.5) is 0 Å². The number of hydrogen-bond acceptors (Lipinski definition) is 3. The third-order valence-electron chi connectivity index (χ3n) is 11.1. The zero-order valence-electron chi connectivity index (χ0n) is 30.9. The van der Waals surface area contributed by atoms with E-state index in [2.05, 4.69) is 182 Å². The molecule has 2 aromatic heterocycles. The zero-order chi connectivity index (χ0) is 37.7. The van der Waals surface area contributed by atoms with E-state index < -0.39 is 0 Å². The summed E-state index contributed by atoms with van der Waals surface area (Å²) in [6.45, 7) is 0. The summed E-state index contributed by atoms with van der Waals surface area (Å²) in [5.74, 6) is 0.698. The minimum atomic E-state index is 0.698. The van der Waals surface area contributed by atoms with Gasteiger partial charge in [0.05, 0.1) is 11.4 Å². The molecule has 0 aliphatic heterocycles. The molecule has 0 aliphatic carbocycles. The van der Waals surface area contributed by atoms with E-state index in [0.29, 0.717) is 5.82 Å². The molecule has 11 aromatic rings. The molecular weight excluding hydrogens is 693 g/mol. The van der Waals surface area contributed by atoms with Crippen molar-refractivity contribution >= 4 is 43.5 Å². The van der Waals surface area contributed by atoms with Gasteiger partial charge in [-0.15, -0.1) is 0 Å². The minimum Gasteiger partial charge on any atom is -0.455 e. The van der Waals surface area contributed by atoms with Crippen molar-refractivity contribution in [2.45, 2.75) is 0 Å². The van der Waals surface area contributed by atoms with Gasteiger partial charge in [0.2, 0.25) is 0 Å². The molecule has 0 N–H and O–H groups in total. The smallest absolute Gasteiger partial charge is 0.160 e. The van der Waals surface area contributed by atoms with E-state index in [9.17, 15) is 0 Å². The lowest BCUT2D eigenvalue weighted by Gasteiger charge is -2.12. The van der Waals surface area contributed by atoms with Crippen LogP contribution in [0.25, 0.3) is 111 Å². The second-order valence-electron chi connectivity index (χ2n) is 14.5. The van der Waals surface area contributed by atoms with E-state index in [4.69, 9.17) is 14.4 Å². The molecule has 3 heteroatoms. The van der Waals surface area contributed by atoms with Crippen molar-refractivity contribution in [1.82, 2.24) is 9.97 Å². The Labute approximate surface area is 330 Å². The van der Waals surface area contributed by atoms with Crippen molar-refractivity contribution in [1.29, 1.82) is 0 Å². The van der Waals surface area contributed by atoms with Crippen molar-refractivity contribution in [3.05, 3.63) is 206 Å². The molecule has 2 heterocycles. The van der Waals surface area contributed by atoms with Crippen LogP contribution in [0.1, 0.15) is 0 Å². The molecule has 0 saturated heterocycles. The van der Waals surface area contributed by atoms with Crippen LogP contribution >= 0.6 is 0 Å². The Bertz CT molecular complexity index is 3270. The van der Waals surface area contributed by atoms with Gasteiger partial charge in [-0.3, -0.25) is 0 Å². The zero-order valence-corrected chi connectivity index (χ0v) is 30.9. The summed E-state index contributed by atoms with van der Waals surface area (Å²) in [4.78, 5) is 10.2. The number of fused-ring (bicyclic) bond motifs is 6. The first kappa shape index (κ1) is 32.8. The summed E-state index contributed by atoms with van der Waals surface area (Å²) in [5.41, 5.74) is 13.6. The van der Waals surface area contributed by atoms with Crippen LogP contribution in [0.2, 0.25) is 0 Å². The average molecular weight is 727 g/mol. The molecule has 57 heavy (non-hydrogen) atoms. The number of benzene rings is 9. The van der Waals surface area contributed by atoms with E-state index in [1.807, 2.05) is 24.3 Å². The maximum absolute atomic E-state index is 6.63. The maximum atomic E-state index is 6.63. The van der Waals surface area contributed by atoms with Crippen molar-refractivity contribution < 1.29 is 4.42 Å². The summed E-state index contributed by atoms with van der Waals surface area (Å²) >= 11 is 0. The molecule has 0 bridgehead atoms. The fourth-order valence-corrected chi connectivity index (χ4v) is 8.25. The lowest BCUT2D eigenvalue weighted by Crippen LogP contribution is -1.96. The van der Waals surface area contributed by atoms with Crippen molar-refractivity contribution in [3.8, 4) is 67.3 Å². The Morgan fingerprint density at radius 1 is 0.298 bits per heavy atom. The van der Waals surface area contributed by atoms with Crippen LogP contribution in [0.3, 0.4) is 0 Å². The highest BCUT2D eigenvalue weighted by molar-refractivity contribution is 6.19. The Morgan fingerprint density at radius 3 is 1.70 bits per heavy atom. The van der Waals surface area contributed by atoms with Gasteiger partial charge in [-0.25, -0.2) is 9.97 Å². The van der Waals surface area contributed by atoms with Gasteiger partial charge >= 0.3 is 0 Å². The van der Waals surface area contributed by atoms with Crippen molar-refractivity contribution in [3.63, 3.8) is 0 Å². The van der Waals surface area contributed by atoms with Gasteiger partial charge < -0.3 is 4.42 Å². The van der Waals surface area contributed by atoms with Crippen LogP contribution in [0.5, 0.6) is 0 Å². The van der Waals surface area contributed by atoms with Crippen LogP contribution < -0.4 is 0 Å². The molecule has 0 unspecified atom stereocenters. The fraction of sp³-hybridized carbons (Fsp3) is 0. The quantitative estimate of drug-likeness (QED) is 0.171. The predicted octanol–water partition coefficient (Wildman–Crippen LogP) is 14.7. The largest absolute Gasteiger partial charge is 0.455 e. The van der Waals surface area contributed by atoms with Gasteiger partial charge in [0.1, 0.15) is 11.2 Å². The molecular formula is C54H34N2O. The van der Waals surface area contributed by atoms with Gasteiger partial charge in [-0.1, -0.05) is 176 Å². The lowest BCUT2D eigenvalue weighted by atomic mass is 9.93. The molecule has 0 radical (unpaired) electrons. The van der Waals surface area contributed by atoms with E-state index in [0.717, 1.165) is 77.5 Å². The summed E-state index contributed by atoms with van der Waals surface area (Å²) < 4.78 is 6.63. The highest BCUT2D eigenvalue weighted by Crippen LogP contribution is 2.42. The normalized spacial score (nSPS) is 11.5. The summed E-state index contributed by atoms with van der Waals surface area (Å²) in [6.07, 6.45) is 0. The van der Waals surface area contributed by atoms with E-state index in [-0.39, 0.29) is 0 Å². The molecule has 266 valence electrons. The van der Waals surface area contributed by atoms with Gasteiger partial charge in [0.25, 0.3) is 0 Å². The SMILES string of the molecule is c1ccc(-c2cccc(-c3cc(-c4ccc(-c5cc6c7cc(-c8cccc9ccccc89)ccc7oc6c6ccccc56)cc4)nc(-c4ccccc4)n3)c2)cc1. The molecule has 0 spiro atoms. The summed E-state index contributed by atoms with van der Waals surface area (Å²) in [7, 11) is 0. The Morgan fingerprint density at radius 2 is 0.895 bits per heavy atom. The highest BCUT2D eigenvalue weighted by atomic mass is 16.3. The summed E-state index contributed by atoms with van der Waals surface area (Å²) in [5, 5.41) is 6.94. The first-order valence-electron chi connectivity index (χ1n) is 19.3. The first-order valence-corrected chi connectivity index (χ1v) is 19.3. The average Bonchev–Trinajstić information content (AvgIpc) is 3.67. The molecule has 11 rings (SSSR count). The van der Waals surface area contributed by atoms with Crippen molar-refractivity contribution in [2.24, 2.45) is 0 Å². The molecule has 0 aliphatic rings. The third kappa shape index (κ3) is 5.85. The lowest BCUT2D eigenvalue weighted by molar-refractivity contribution is 0.673. The monoisotopic (exact) mass is 726 g/mol. The van der Waals surface area contributed by atoms with Gasteiger partial charge in [0.15, 0.2) is 5.82 Å². The van der Waals surface area contributed by atoms with Crippen LogP contribution in [0, 0.1) is 0 Å². The molecule has 0 atom stereocenters. The fourth-order valence-electron chi connectivity index (χ4n) is 8.25. The standard InChI is InChI=1S/C54H34N2O/c1-3-13-35(14-4-1)40-19-11-20-42(31-40)51-34-50(55-54(56-51)39-16-5-2-6-17-39)38-27-25-37(26-28-38)47-33-49-48-32-41(44-24-12-18-36-15-7-8-21-43(36)44)29-30-52(48)57-53(49)46-23-10-9-22-45(46)47/h1-34H. The third-order valence-corrected chi connectivity index (χ3v) is 11.1. The van der Waals surface area contributed by atoms with Gasteiger partial charge in [0, 0.05) is 32.8 Å². The molecule has 0 saturated carbocycles. The number of rotatable bonds is 6. The maximum Gasteiger partial charge on any atom is 0.160 e. The van der Waals surface area contributed by atoms with Crippen LogP contribution in [0.15, 0.2) is 211 Å². The van der Waals surface area contributed by atoms with Gasteiger partial charge in [-0.2, -0.15) is 0 Å². The van der Waals surface area contributed by atoms with Crippen molar-refractivity contribution in [2.75, 3.05) is 0 Å². The summed E-state index contributed by atoms with van der Waals surface area (Å²) in [6, 6.07) is 72.7. The Balaban J connectivity index is 1.03. The van der Waals surface area contributed by atoms with E-state index in [1.165, 1.54) is 27.5 Å². The number of hydrogen-bond donors (Lipinski definition) is 0. The van der Waals surface area contributed by atoms with E-state index >= 15 is 0 Å². The number of furan rings is 1. The number of aromatic nitrogens is 2. The molecule has 0 amide bonds. The minimum absolute atomic E-state index is 0.698. The Kier molecular flexibility index (Phi) is 7.82. The topological polar surface area (TPSA) is 38.9 Å². The molecule has 0 fully saturated rings. The number of nitrogens with zero attached hydrogens (tertiary/aromatic N) is 2. The van der Waals surface area contributed by atoms with Crippen LogP contribution in [-0.2, 0) is 0 Å². The van der Waals surface area contributed by atoms with Gasteiger partial charge in [-0.05, 0) is 79.9 Å². The predicted molar refractivity (Wildman–Crippen MR) is 237 cm³/mol. The van der Waals surface area contributed by atoms with E-state index in [1.54, 1.807) is 0 Å². The second-order valence-corrected chi connectivity index (χ2v) is 14.5. The first-order chi connectivity index (χ1) is 28.2. The molecule has 9 aromatic carbocycles. The second kappa shape index (κ2) is 13.6. The van der Waals surface area contributed by atoms with Crippen LogP contribution in [-0.4, -0.2) is 9.97 Å². The highest BCUT2D eigenvalue weighted by Gasteiger charge is 2.17. The molecule has 3 nitrogen and oxygen atoms in total.